The molecule has 1 aliphatic rings. The number of rotatable bonds is 4. The second-order valence-corrected chi connectivity index (χ2v) is 7.59. The van der Waals surface area contributed by atoms with Gasteiger partial charge < -0.3 is 15.0 Å². The molecule has 1 atom stereocenters. The highest BCUT2D eigenvalue weighted by atomic mass is 32.1. The van der Waals surface area contributed by atoms with E-state index in [1.165, 1.54) is 11.3 Å². The molecular formula is C20H19N3O3S. The van der Waals surface area contributed by atoms with Crippen LogP contribution in [0.4, 0.5) is 10.8 Å². The van der Waals surface area contributed by atoms with Gasteiger partial charge in [0.25, 0.3) is 0 Å². The predicted molar refractivity (Wildman–Crippen MR) is 106 cm³/mol. The van der Waals surface area contributed by atoms with Crippen molar-refractivity contribution in [1.29, 1.82) is 0 Å². The number of amides is 2. The Kier molecular flexibility index (Phi) is 4.53. The second-order valence-electron chi connectivity index (χ2n) is 6.56. The molecule has 3 aromatic rings. The maximum absolute atomic E-state index is 12.7. The Labute approximate surface area is 160 Å². The summed E-state index contributed by atoms with van der Waals surface area (Å²) < 4.78 is 6.37. The molecule has 27 heavy (non-hydrogen) atoms. The molecule has 138 valence electrons. The van der Waals surface area contributed by atoms with Gasteiger partial charge in [-0.25, -0.2) is 4.98 Å². The van der Waals surface area contributed by atoms with Gasteiger partial charge in [0.05, 0.1) is 28.9 Å². The molecule has 2 amide bonds. The summed E-state index contributed by atoms with van der Waals surface area (Å²) in [4.78, 5) is 31.2. The first-order chi connectivity index (χ1) is 13.0. The summed E-state index contributed by atoms with van der Waals surface area (Å²) >= 11 is 1.44. The number of fused-ring (bicyclic) bond motifs is 1. The zero-order valence-corrected chi connectivity index (χ0v) is 15.9. The number of aryl methyl sites for hydroxylation is 1. The molecular weight excluding hydrogens is 362 g/mol. The van der Waals surface area contributed by atoms with E-state index in [9.17, 15) is 9.59 Å². The van der Waals surface area contributed by atoms with E-state index < -0.39 is 5.92 Å². The molecule has 7 heteroatoms. The van der Waals surface area contributed by atoms with Gasteiger partial charge in [0.15, 0.2) is 5.13 Å². The third-order valence-corrected chi connectivity index (χ3v) is 5.58. The number of anilines is 2. The highest BCUT2D eigenvalue weighted by Crippen LogP contribution is 2.33. The van der Waals surface area contributed by atoms with Gasteiger partial charge in [0, 0.05) is 13.0 Å². The predicted octanol–water partition coefficient (Wildman–Crippen LogP) is 3.60. The lowest BCUT2D eigenvalue weighted by molar-refractivity contribution is -0.122. The van der Waals surface area contributed by atoms with Crippen LogP contribution in [0.3, 0.4) is 0 Å². The fraction of sp³-hybridized carbons (Fsp3) is 0.250. The average Bonchev–Trinajstić information content (AvgIpc) is 3.24. The zero-order valence-electron chi connectivity index (χ0n) is 15.1. The molecule has 2 heterocycles. The summed E-state index contributed by atoms with van der Waals surface area (Å²) in [5.41, 5.74) is 2.70. The molecule has 1 saturated heterocycles. The topological polar surface area (TPSA) is 71.5 Å². The number of thiazole rings is 1. The maximum atomic E-state index is 12.7. The highest BCUT2D eigenvalue weighted by Gasteiger charge is 2.36. The van der Waals surface area contributed by atoms with Crippen LogP contribution in [0.2, 0.25) is 0 Å². The highest BCUT2D eigenvalue weighted by molar-refractivity contribution is 7.22. The number of aromatic nitrogens is 1. The van der Waals surface area contributed by atoms with Gasteiger partial charge in [0.2, 0.25) is 11.8 Å². The molecule has 6 nitrogen and oxygen atoms in total. The van der Waals surface area contributed by atoms with Crippen molar-refractivity contribution in [2.45, 2.75) is 13.3 Å². The number of benzene rings is 2. The minimum atomic E-state index is -0.420. The number of ether oxygens (including phenoxy) is 1. The molecule has 0 saturated carbocycles. The first-order valence-electron chi connectivity index (χ1n) is 8.66. The minimum Gasteiger partial charge on any atom is -0.495 e. The summed E-state index contributed by atoms with van der Waals surface area (Å²) in [7, 11) is 1.57. The first kappa shape index (κ1) is 17.5. The molecule has 2 aromatic carbocycles. The van der Waals surface area contributed by atoms with Gasteiger partial charge in [0.1, 0.15) is 5.75 Å². The van der Waals surface area contributed by atoms with Crippen molar-refractivity contribution in [2.24, 2.45) is 5.92 Å². The van der Waals surface area contributed by atoms with E-state index >= 15 is 0 Å². The van der Waals surface area contributed by atoms with Crippen LogP contribution in [-0.4, -0.2) is 30.5 Å². The van der Waals surface area contributed by atoms with Crippen LogP contribution in [0, 0.1) is 12.8 Å². The molecule has 1 aliphatic heterocycles. The van der Waals surface area contributed by atoms with Crippen LogP contribution >= 0.6 is 11.3 Å². The molecule has 0 bridgehead atoms. The maximum Gasteiger partial charge on any atom is 0.231 e. The molecule has 1 fully saturated rings. The monoisotopic (exact) mass is 381 g/mol. The fourth-order valence-corrected chi connectivity index (χ4v) is 4.23. The van der Waals surface area contributed by atoms with Crippen LogP contribution in [0.5, 0.6) is 5.75 Å². The second kappa shape index (κ2) is 7.00. The normalized spacial score (nSPS) is 16.7. The molecule has 1 aromatic heterocycles. The Hall–Kier alpha value is -2.93. The quantitative estimate of drug-likeness (QED) is 0.749. The van der Waals surface area contributed by atoms with Crippen LogP contribution in [0.1, 0.15) is 12.0 Å². The van der Waals surface area contributed by atoms with Crippen molar-refractivity contribution in [3.05, 3.63) is 48.0 Å². The Bertz CT molecular complexity index is 1030. The Morgan fingerprint density at radius 1 is 1.30 bits per heavy atom. The van der Waals surface area contributed by atoms with Crippen molar-refractivity contribution in [3.8, 4) is 5.75 Å². The number of hydrogen-bond acceptors (Lipinski definition) is 5. The van der Waals surface area contributed by atoms with E-state index in [1.54, 1.807) is 18.1 Å². The van der Waals surface area contributed by atoms with Gasteiger partial charge in [-0.1, -0.05) is 29.5 Å². The third kappa shape index (κ3) is 3.38. The largest absolute Gasteiger partial charge is 0.495 e. The van der Waals surface area contributed by atoms with Gasteiger partial charge in [-0.3, -0.25) is 9.59 Å². The van der Waals surface area contributed by atoms with Gasteiger partial charge >= 0.3 is 0 Å². The number of nitrogens with zero attached hydrogens (tertiary/aromatic N) is 2. The van der Waals surface area contributed by atoms with E-state index in [1.807, 2.05) is 43.3 Å². The molecule has 4 rings (SSSR count). The molecule has 1 N–H and O–H groups in total. The Morgan fingerprint density at radius 3 is 2.93 bits per heavy atom. The van der Waals surface area contributed by atoms with Crippen molar-refractivity contribution in [2.75, 3.05) is 23.9 Å². The summed E-state index contributed by atoms with van der Waals surface area (Å²) in [6, 6.07) is 13.3. The van der Waals surface area contributed by atoms with Crippen molar-refractivity contribution < 1.29 is 14.3 Å². The molecule has 0 unspecified atom stereocenters. The van der Waals surface area contributed by atoms with E-state index in [0.29, 0.717) is 23.1 Å². The molecule has 0 aliphatic carbocycles. The van der Waals surface area contributed by atoms with Crippen LogP contribution in [0.15, 0.2) is 42.5 Å². The van der Waals surface area contributed by atoms with Gasteiger partial charge in [-0.15, -0.1) is 0 Å². The minimum absolute atomic E-state index is 0.0837. The van der Waals surface area contributed by atoms with Gasteiger partial charge in [-0.2, -0.15) is 0 Å². The Morgan fingerprint density at radius 2 is 2.11 bits per heavy atom. The average molecular weight is 381 g/mol. The van der Waals surface area contributed by atoms with Gasteiger partial charge in [-0.05, 0) is 36.8 Å². The summed E-state index contributed by atoms with van der Waals surface area (Å²) in [5.74, 6) is -0.0688. The first-order valence-corrected chi connectivity index (χ1v) is 9.48. The lowest BCUT2D eigenvalue weighted by Gasteiger charge is -2.19. The smallest absolute Gasteiger partial charge is 0.231 e. The SMILES string of the molecule is COc1ccccc1N1C[C@H](C(=O)Nc2nc3ccc(C)cc3s2)CC1=O. The van der Waals surface area contributed by atoms with E-state index in [4.69, 9.17) is 4.74 Å². The molecule has 0 spiro atoms. The lowest BCUT2D eigenvalue weighted by atomic mass is 10.1. The fourth-order valence-electron chi connectivity index (χ4n) is 3.26. The van der Waals surface area contributed by atoms with Crippen molar-refractivity contribution >= 4 is 44.2 Å². The number of hydrogen-bond donors (Lipinski definition) is 1. The van der Waals surface area contributed by atoms with Crippen molar-refractivity contribution in [3.63, 3.8) is 0 Å². The van der Waals surface area contributed by atoms with Crippen LogP contribution < -0.4 is 15.0 Å². The van der Waals surface area contributed by atoms with E-state index in [2.05, 4.69) is 10.3 Å². The van der Waals surface area contributed by atoms with Crippen LogP contribution in [0.25, 0.3) is 10.2 Å². The lowest BCUT2D eigenvalue weighted by Crippen LogP contribution is -2.28. The number of nitrogens with one attached hydrogen (secondary N) is 1. The van der Waals surface area contributed by atoms with E-state index in [-0.39, 0.29) is 18.2 Å². The number of para-hydroxylation sites is 2. The summed E-state index contributed by atoms with van der Waals surface area (Å²) in [5, 5.41) is 3.43. The number of carbonyl (C=O) groups excluding carboxylic acids is 2. The summed E-state index contributed by atoms with van der Waals surface area (Å²) in [6.07, 6.45) is 0.174. The summed E-state index contributed by atoms with van der Waals surface area (Å²) in [6.45, 7) is 2.35. The third-order valence-electron chi connectivity index (χ3n) is 4.65. The van der Waals surface area contributed by atoms with E-state index in [0.717, 1.165) is 15.8 Å². The van der Waals surface area contributed by atoms with Crippen LogP contribution in [-0.2, 0) is 9.59 Å². The number of methoxy groups -OCH3 is 1. The van der Waals surface area contributed by atoms with Crippen molar-refractivity contribution in [1.82, 2.24) is 4.98 Å². The number of carbonyl (C=O) groups is 2. The standard InChI is InChI=1S/C20H19N3O3S/c1-12-7-8-14-17(9-12)27-20(21-14)22-19(25)13-10-18(24)23(11-13)15-5-3-4-6-16(15)26-2/h3-9,13H,10-11H2,1-2H3,(H,21,22,25)/t13-/m1/s1. The Balaban J connectivity index is 1.50. The molecule has 0 radical (unpaired) electrons. The zero-order chi connectivity index (χ0) is 19.0.